The van der Waals surface area contributed by atoms with Gasteiger partial charge in [-0.15, -0.1) is 0 Å². The first-order valence-corrected chi connectivity index (χ1v) is 5.43. The Labute approximate surface area is 107 Å². The van der Waals surface area contributed by atoms with Crippen LogP contribution in [0.4, 0.5) is 18.9 Å². The lowest BCUT2D eigenvalue weighted by Gasteiger charge is -2.18. The van der Waals surface area contributed by atoms with Crippen molar-refractivity contribution in [2.75, 3.05) is 0 Å². The van der Waals surface area contributed by atoms with Crippen molar-refractivity contribution >= 4 is 5.69 Å². The lowest BCUT2D eigenvalue weighted by Crippen LogP contribution is -2.15. The minimum atomic E-state index is -4.73. The average molecular weight is 272 g/mol. The predicted molar refractivity (Wildman–Crippen MR) is 61.3 cm³/mol. The highest BCUT2D eigenvalue weighted by Gasteiger charge is 2.37. The summed E-state index contributed by atoms with van der Waals surface area (Å²) >= 11 is 0. The monoisotopic (exact) mass is 272 g/mol. The van der Waals surface area contributed by atoms with Crippen LogP contribution in [0.3, 0.4) is 0 Å². The van der Waals surface area contributed by atoms with Gasteiger partial charge < -0.3 is 0 Å². The van der Waals surface area contributed by atoms with Crippen LogP contribution in [0, 0.1) is 27.4 Å². The van der Waals surface area contributed by atoms with Gasteiger partial charge in [-0.1, -0.05) is 19.9 Å². The second-order valence-electron chi connectivity index (χ2n) is 4.38. The Kier molecular flexibility index (Phi) is 4.14. The van der Waals surface area contributed by atoms with Crippen LogP contribution >= 0.6 is 0 Å². The van der Waals surface area contributed by atoms with Gasteiger partial charge in [0.25, 0.3) is 5.69 Å². The van der Waals surface area contributed by atoms with Crippen molar-refractivity contribution in [1.82, 2.24) is 0 Å². The molecule has 0 aromatic heterocycles. The number of nitrogens with zero attached hydrogens (tertiary/aromatic N) is 2. The zero-order valence-electron chi connectivity index (χ0n) is 10.2. The molecule has 0 heterocycles. The van der Waals surface area contributed by atoms with E-state index in [1.165, 1.54) is 0 Å². The van der Waals surface area contributed by atoms with Gasteiger partial charge in [0, 0.05) is 12.1 Å². The van der Waals surface area contributed by atoms with Gasteiger partial charge in [-0.05, 0) is 11.5 Å². The molecule has 1 rings (SSSR count). The molecular weight excluding hydrogens is 261 g/mol. The number of hydrogen-bond donors (Lipinski definition) is 0. The van der Waals surface area contributed by atoms with Gasteiger partial charge in [0.2, 0.25) is 0 Å². The molecule has 1 atom stereocenters. The van der Waals surface area contributed by atoms with E-state index < -0.39 is 28.3 Å². The fourth-order valence-electron chi connectivity index (χ4n) is 1.75. The summed E-state index contributed by atoms with van der Waals surface area (Å²) in [7, 11) is 0. The Balaban J connectivity index is 3.49. The van der Waals surface area contributed by atoms with Gasteiger partial charge in [0.15, 0.2) is 0 Å². The number of nitro benzene ring substituents is 1. The Morgan fingerprint density at radius 1 is 1.37 bits per heavy atom. The second-order valence-corrected chi connectivity index (χ2v) is 4.38. The van der Waals surface area contributed by atoms with Crippen molar-refractivity contribution in [1.29, 1.82) is 5.26 Å². The Morgan fingerprint density at radius 3 is 2.32 bits per heavy atom. The van der Waals surface area contributed by atoms with E-state index in [2.05, 4.69) is 0 Å². The number of benzene rings is 1. The topological polar surface area (TPSA) is 66.9 Å². The number of rotatable bonds is 3. The molecule has 0 bridgehead atoms. The quantitative estimate of drug-likeness (QED) is 0.619. The maximum absolute atomic E-state index is 12.9. The summed E-state index contributed by atoms with van der Waals surface area (Å²) in [4.78, 5) is 9.64. The van der Waals surface area contributed by atoms with Crippen LogP contribution in [0.2, 0.25) is 0 Å². The van der Waals surface area contributed by atoms with Crippen LogP contribution in [0.15, 0.2) is 18.2 Å². The number of alkyl halides is 3. The molecule has 0 aliphatic rings. The highest BCUT2D eigenvalue weighted by molar-refractivity contribution is 5.44. The van der Waals surface area contributed by atoms with E-state index in [1.807, 2.05) is 6.07 Å². The Bertz CT molecular complexity index is 533. The summed E-state index contributed by atoms with van der Waals surface area (Å²) in [6.07, 6.45) is -4.73. The number of nitriles is 1. The summed E-state index contributed by atoms with van der Waals surface area (Å²) in [6, 6.07) is 4.28. The Hall–Kier alpha value is -2.10. The van der Waals surface area contributed by atoms with Crippen molar-refractivity contribution in [3.05, 3.63) is 39.4 Å². The maximum Gasteiger partial charge on any atom is 0.416 e. The van der Waals surface area contributed by atoms with E-state index in [-0.39, 0.29) is 11.5 Å². The molecule has 0 amide bonds. The molecule has 19 heavy (non-hydrogen) atoms. The third-order valence-electron chi connectivity index (χ3n) is 2.69. The predicted octanol–water partition coefficient (Wildman–Crippen LogP) is 3.88. The van der Waals surface area contributed by atoms with Crippen molar-refractivity contribution in [3.63, 3.8) is 0 Å². The molecule has 1 aromatic rings. The molecule has 1 unspecified atom stereocenters. The number of hydrogen-bond acceptors (Lipinski definition) is 3. The van der Waals surface area contributed by atoms with Crippen molar-refractivity contribution in [3.8, 4) is 6.07 Å². The van der Waals surface area contributed by atoms with Gasteiger partial charge >= 0.3 is 6.18 Å². The summed E-state index contributed by atoms with van der Waals surface area (Å²) in [6.45, 7) is 3.24. The maximum atomic E-state index is 12.9. The third kappa shape index (κ3) is 3.22. The molecule has 0 radical (unpaired) electrons. The van der Waals surface area contributed by atoms with E-state index in [0.29, 0.717) is 6.07 Å². The molecule has 1 aromatic carbocycles. The van der Waals surface area contributed by atoms with Gasteiger partial charge in [-0.2, -0.15) is 18.4 Å². The average Bonchev–Trinajstić information content (AvgIpc) is 2.28. The van der Waals surface area contributed by atoms with Crippen LogP contribution in [-0.2, 0) is 6.18 Å². The molecule has 102 valence electrons. The molecule has 0 saturated heterocycles. The molecule has 0 spiro atoms. The van der Waals surface area contributed by atoms with Crippen molar-refractivity contribution in [2.45, 2.75) is 25.9 Å². The van der Waals surface area contributed by atoms with Crippen LogP contribution in [-0.4, -0.2) is 4.92 Å². The minimum Gasteiger partial charge on any atom is -0.258 e. The molecule has 7 heteroatoms. The fourth-order valence-corrected chi connectivity index (χ4v) is 1.75. The molecule has 0 fully saturated rings. The zero-order valence-corrected chi connectivity index (χ0v) is 10.2. The molecule has 0 aliphatic carbocycles. The van der Waals surface area contributed by atoms with Gasteiger partial charge in [-0.25, -0.2) is 0 Å². The number of halogens is 3. The minimum absolute atomic E-state index is 0.226. The van der Waals surface area contributed by atoms with Crippen LogP contribution in [0.1, 0.15) is 30.9 Å². The van der Waals surface area contributed by atoms with E-state index in [1.54, 1.807) is 13.8 Å². The first-order valence-electron chi connectivity index (χ1n) is 5.43. The van der Waals surface area contributed by atoms with Crippen molar-refractivity contribution in [2.24, 2.45) is 5.92 Å². The smallest absolute Gasteiger partial charge is 0.258 e. The van der Waals surface area contributed by atoms with E-state index in [9.17, 15) is 23.3 Å². The summed E-state index contributed by atoms with van der Waals surface area (Å²) in [5.74, 6) is -1.29. The number of nitro groups is 1. The lowest BCUT2D eigenvalue weighted by atomic mass is 9.86. The van der Waals surface area contributed by atoms with Gasteiger partial charge in [0.1, 0.15) is 0 Å². The van der Waals surface area contributed by atoms with Crippen LogP contribution < -0.4 is 0 Å². The SMILES string of the molecule is CC(C)C(C#N)c1ccc([N+](=O)[O-])cc1C(F)(F)F. The zero-order chi connectivity index (χ0) is 14.8. The highest BCUT2D eigenvalue weighted by atomic mass is 19.4. The molecular formula is C12H11F3N2O2. The second kappa shape index (κ2) is 5.26. The first kappa shape index (κ1) is 15.0. The van der Waals surface area contributed by atoms with E-state index in [0.717, 1.165) is 12.1 Å². The molecule has 0 saturated carbocycles. The standard InChI is InChI=1S/C12H11F3N2O2/c1-7(2)10(6-16)9-4-3-8(17(18)19)5-11(9)12(13,14)15/h3-5,7,10H,1-2H3. The third-order valence-corrected chi connectivity index (χ3v) is 2.69. The van der Waals surface area contributed by atoms with Crippen LogP contribution in [0.5, 0.6) is 0 Å². The highest BCUT2D eigenvalue weighted by Crippen LogP contribution is 2.39. The number of non-ortho nitro benzene ring substituents is 1. The summed E-state index contributed by atoms with van der Waals surface area (Å²) < 4.78 is 38.8. The summed E-state index contributed by atoms with van der Waals surface area (Å²) in [5.41, 5.74) is -1.99. The largest absolute Gasteiger partial charge is 0.416 e. The van der Waals surface area contributed by atoms with E-state index in [4.69, 9.17) is 5.26 Å². The fraction of sp³-hybridized carbons (Fsp3) is 0.417. The normalized spacial score (nSPS) is 13.1. The lowest BCUT2D eigenvalue weighted by molar-refractivity contribution is -0.385. The van der Waals surface area contributed by atoms with Crippen molar-refractivity contribution < 1.29 is 18.1 Å². The van der Waals surface area contributed by atoms with E-state index >= 15 is 0 Å². The molecule has 0 aliphatic heterocycles. The Morgan fingerprint density at radius 2 is 1.95 bits per heavy atom. The van der Waals surface area contributed by atoms with Gasteiger partial charge in [-0.3, -0.25) is 10.1 Å². The van der Waals surface area contributed by atoms with Crippen LogP contribution in [0.25, 0.3) is 0 Å². The first-order chi connectivity index (χ1) is 8.68. The summed E-state index contributed by atoms with van der Waals surface area (Å²) in [5, 5.41) is 19.5. The molecule has 0 N–H and O–H groups in total. The molecule has 4 nitrogen and oxygen atoms in total. The van der Waals surface area contributed by atoms with Gasteiger partial charge in [0.05, 0.1) is 22.5 Å².